The molecule has 0 radical (unpaired) electrons. The van der Waals surface area contributed by atoms with Crippen LogP contribution in [0.15, 0.2) is 36.7 Å². The summed E-state index contributed by atoms with van der Waals surface area (Å²) in [6.45, 7) is 5.48. The lowest BCUT2D eigenvalue weighted by atomic mass is 10.1. The molecule has 0 unspecified atom stereocenters. The van der Waals surface area contributed by atoms with Crippen molar-refractivity contribution in [2.75, 3.05) is 18.4 Å². The highest BCUT2D eigenvalue weighted by molar-refractivity contribution is 6.06. The van der Waals surface area contributed by atoms with E-state index in [1.165, 1.54) is 18.8 Å². The Balaban J connectivity index is 1.77. The summed E-state index contributed by atoms with van der Waals surface area (Å²) in [6.07, 6.45) is 6.26. The van der Waals surface area contributed by atoms with Crippen LogP contribution in [-0.2, 0) is 0 Å². The van der Waals surface area contributed by atoms with Crippen molar-refractivity contribution < 1.29 is 9.59 Å². The van der Waals surface area contributed by atoms with Gasteiger partial charge in [0.2, 0.25) is 0 Å². The number of nitrogens with one attached hydrogen (secondary N) is 1. The Kier molecular flexibility index (Phi) is 5.12. The third-order valence-electron chi connectivity index (χ3n) is 4.53. The zero-order chi connectivity index (χ0) is 17.8. The summed E-state index contributed by atoms with van der Waals surface area (Å²) < 4.78 is 0. The first-order valence-corrected chi connectivity index (χ1v) is 8.67. The van der Waals surface area contributed by atoms with Crippen LogP contribution < -0.4 is 5.32 Å². The number of carbonyl (C=O) groups excluding carboxylic acids is 2. The molecule has 5 heteroatoms. The maximum Gasteiger partial charge on any atom is 0.257 e. The highest BCUT2D eigenvalue weighted by Crippen LogP contribution is 2.18. The highest BCUT2D eigenvalue weighted by atomic mass is 16.2. The van der Waals surface area contributed by atoms with Crippen molar-refractivity contribution in [2.24, 2.45) is 0 Å². The lowest BCUT2D eigenvalue weighted by Gasteiger charge is -2.26. The molecule has 1 aliphatic heterocycles. The number of pyridine rings is 1. The van der Waals surface area contributed by atoms with E-state index in [1.54, 1.807) is 6.07 Å². The minimum Gasteiger partial charge on any atom is -0.339 e. The SMILES string of the molecule is Cc1ccc(C)c(NC(=O)c2cncc(C(=O)N3CCCCC3)c2)c1. The second-order valence-electron chi connectivity index (χ2n) is 6.59. The summed E-state index contributed by atoms with van der Waals surface area (Å²) >= 11 is 0. The number of nitrogens with zero attached hydrogens (tertiary/aromatic N) is 2. The predicted molar refractivity (Wildman–Crippen MR) is 97.9 cm³/mol. The second kappa shape index (κ2) is 7.47. The quantitative estimate of drug-likeness (QED) is 0.931. The molecule has 0 bridgehead atoms. The van der Waals surface area contributed by atoms with Gasteiger partial charge in [-0.2, -0.15) is 0 Å². The van der Waals surface area contributed by atoms with Crippen LogP contribution in [0.3, 0.4) is 0 Å². The molecule has 0 saturated carbocycles. The van der Waals surface area contributed by atoms with Crippen molar-refractivity contribution in [1.82, 2.24) is 9.88 Å². The number of aryl methyl sites for hydroxylation is 2. The van der Waals surface area contributed by atoms with E-state index < -0.39 is 0 Å². The fraction of sp³-hybridized carbons (Fsp3) is 0.350. The van der Waals surface area contributed by atoms with Gasteiger partial charge in [-0.25, -0.2) is 0 Å². The average molecular weight is 337 g/mol. The number of anilines is 1. The number of piperidine rings is 1. The van der Waals surface area contributed by atoms with Gasteiger partial charge in [0.15, 0.2) is 0 Å². The van der Waals surface area contributed by atoms with Gasteiger partial charge >= 0.3 is 0 Å². The molecule has 1 aliphatic rings. The second-order valence-corrected chi connectivity index (χ2v) is 6.59. The van der Waals surface area contributed by atoms with E-state index in [4.69, 9.17) is 0 Å². The molecule has 25 heavy (non-hydrogen) atoms. The Morgan fingerprint density at radius 1 is 1.00 bits per heavy atom. The van der Waals surface area contributed by atoms with Crippen molar-refractivity contribution in [3.63, 3.8) is 0 Å². The van der Waals surface area contributed by atoms with E-state index in [-0.39, 0.29) is 11.8 Å². The van der Waals surface area contributed by atoms with Gasteiger partial charge in [-0.1, -0.05) is 12.1 Å². The maximum atomic E-state index is 12.6. The lowest BCUT2D eigenvalue weighted by Crippen LogP contribution is -2.35. The van der Waals surface area contributed by atoms with Gasteiger partial charge in [-0.15, -0.1) is 0 Å². The Labute approximate surface area is 148 Å². The molecule has 1 aromatic carbocycles. The summed E-state index contributed by atoms with van der Waals surface area (Å²) in [4.78, 5) is 31.1. The first-order valence-electron chi connectivity index (χ1n) is 8.67. The third kappa shape index (κ3) is 4.05. The molecule has 2 heterocycles. The molecule has 1 N–H and O–H groups in total. The summed E-state index contributed by atoms with van der Waals surface area (Å²) in [6, 6.07) is 7.54. The van der Waals surface area contributed by atoms with Crippen molar-refractivity contribution in [3.8, 4) is 0 Å². The average Bonchev–Trinajstić information content (AvgIpc) is 2.65. The van der Waals surface area contributed by atoms with Gasteiger partial charge in [0.05, 0.1) is 11.1 Å². The number of carbonyl (C=O) groups is 2. The molecular formula is C20H23N3O2. The maximum absolute atomic E-state index is 12.6. The Hall–Kier alpha value is -2.69. The number of rotatable bonds is 3. The molecule has 1 fully saturated rings. The lowest BCUT2D eigenvalue weighted by molar-refractivity contribution is 0.0724. The molecular weight excluding hydrogens is 314 g/mol. The summed E-state index contributed by atoms with van der Waals surface area (Å²) in [5, 5.41) is 2.91. The molecule has 5 nitrogen and oxygen atoms in total. The van der Waals surface area contributed by atoms with E-state index in [0.717, 1.165) is 42.7 Å². The van der Waals surface area contributed by atoms with E-state index >= 15 is 0 Å². The van der Waals surface area contributed by atoms with Crippen LogP contribution in [0.2, 0.25) is 0 Å². The molecule has 0 aliphatic carbocycles. The van der Waals surface area contributed by atoms with E-state index in [0.29, 0.717) is 11.1 Å². The fourth-order valence-electron chi connectivity index (χ4n) is 3.03. The first kappa shape index (κ1) is 17.1. The molecule has 2 aromatic rings. The molecule has 0 atom stereocenters. The Bertz CT molecular complexity index is 795. The normalized spacial score (nSPS) is 14.2. The van der Waals surface area contributed by atoms with E-state index in [1.807, 2.05) is 36.9 Å². The molecule has 1 aromatic heterocycles. The molecule has 3 rings (SSSR count). The van der Waals surface area contributed by atoms with Crippen LogP contribution in [0.4, 0.5) is 5.69 Å². The number of benzene rings is 1. The van der Waals surface area contributed by atoms with Crippen molar-refractivity contribution in [3.05, 3.63) is 58.9 Å². The zero-order valence-electron chi connectivity index (χ0n) is 14.7. The summed E-state index contributed by atoms with van der Waals surface area (Å²) in [7, 11) is 0. The smallest absolute Gasteiger partial charge is 0.257 e. The van der Waals surface area contributed by atoms with Crippen LogP contribution in [0.5, 0.6) is 0 Å². The van der Waals surface area contributed by atoms with Gasteiger partial charge < -0.3 is 10.2 Å². The van der Waals surface area contributed by atoms with Gasteiger partial charge in [0, 0.05) is 31.2 Å². The van der Waals surface area contributed by atoms with Crippen LogP contribution >= 0.6 is 0 Å². The zero-order valence-corrected chi connectivity index (χ0v) is 14.7. The van der Waals surface area contributed by atoms with Crippen LogP contribution in [0.25, 0.3) is 0 Å². The molecule has 2 amide bonds. The molecule has 1 saturated heterocycles. The minimum atomic E-state index is -0.255. The standard InChI is InChI=1S/C20H23N3O2/c1-14-6-7-15(2)18(10-14)22-19(24)16-11-17(13-21-12-16)20(25)23-8-4-3-5-9-23/h6-7,10-13H,3-5,8-9H2,1-2H3,(H,22,24). The third-order valence-corrected chi connectivity index (χ3v) is 4.53. The van der Waals surface area contributed by atoms with Gasteiger partial charge in [-0.3, -0.25) is 14.6 Å². The van der Waals surface area contributed by atoms with Gasteiger partial charge in [0.25, 0.3) is 11.8 Å². The topological polar surface area (TPSA) is 62.3 Å². The van der Waals surface area contributed by atoms with Crippen molar-refractivity contribution in [1.29, 1.82) is 0 Å². The van der Waals surface area contributed by atoms with Gasteiger partial charge in [-0.05, 0) is 56.4 Å². The number of amides is 2. The molecule has 0 spiro atoms. The Morgan fingerprint density at radius 2 is 1.72 bits per heavy atom. The first-order chi connectivity index (χ1) is 12.0. The monoisotopic (exact) mass is 337 g/mol. The minimum absolute atomic E-state index is 0.0476. The predicted octanol–water partition coefficient (Wildman–Crippen LogP) is 3.58. The summed E-state index contributed by atoms with van der Waals surface area (Å²) in [5.41, 5.74) is 3.71. The van der Waals surface area contributed by atoms with Crippen molar-refractivity contribution in [2.45, 2.75) is 33.1 Å². The van der Waals surface area contributed by atoms with E-state index in [9.17, 15) is 9.59 Å². The van der Waals surface area contributed by atoms with Crippen molar-refractivity contribution >= 4 is 17.5 Å². The van der Waals surface area contributed by atoms with Gasteiger partial charge in [0.1, 0.15) is 0 Å². The Morgan fingerprint density at radius 3 is 2.48 bits per heavy atom. The highest BCUT2D eigenvalue weighted by Gasteiger charge is 2.19. The largest absolute Gasteiger partial charge is 0.339 e. The van der Waals surface area contributed by atoms with Crippen LogP contribution in [0.1, 0.15) is 51.1 Å². The number of hydrogen-bond donors (Lipinski definition) is 1. The van der Waals surface area contributed by atoms with E-state index in [2.05, 4.69) is 10.3 Å². The van der Waals surface area contributed by atoms with Crippen LogP contribution in [0, 0.1) is 13.8 Å². The number of aromatic nitrogens is 1. The number of likely N-dealkylation sites (tertiary alicyclic amines) is 1. The molecule has 130 valence electrons. The number of hydrogen-bond acceptors (Lipinski definition) is 3. The van der Waals surface area contributed by atoms with Crippen LogP contribution in [-0.4, -0.2) is 34.8 Å². The fourth-order valence-corrected chi connectivity index (χ4v) is 3.03. The summed E-state index contributed by atoms with van der Waals surface area (Å²) in [5.74, 6) is -0.303.